The largest absolute Gasteiger partial charge is 0.363 e. The number of nitrogens with one attached hydrogen (secondary N) is 1. The number of hydrogen-bond acceptors (Lipinski definition) is 2. The first-order valence-corrected chi connectivity index (χ1v) is 4.24. The standard InChI is InChI=1S/C9H10N2O2/c1-2-11-5-6-8(9(11)13)7(12)3-4-10-6/h3-4H,2,5H2,1H3,(H,10,12). The number of aromatic amines is 1. The molecule has 0 radical (unpaired) electrons. The molecule has 1 N–H and O–H groups in total. The number of nitrogens with zero attached hydrogens (tertiary/aromatic N) is 1. The van der Waals surface area contributed by atoms with Gasteiger partial charge >= 0.3 is 0 Å². The zero-order valence-corrected chi connectivity index (χ0v) is 7.33. The van der Waals surface area contributed by atoms with E-state index in [1.807, 2.05) is 6.92 Å². The summed E-state index contributed by atoms with van der Waals surface area (Å²) >= 11 is 0. The van der Waals surface area contributed by atoms with Crippen LogP contribution in [0.2, 0.25) is 0 Å². The fourth-order valence-electron chi connectivity index (χ4n) is 1.56. The Bertz CT molecular complexity index is 408. The Morgan fingerprint density at radius 2 is 2.31 bits per heavy atom. The van der Waals surface area contributed by atoms with Crippen molar-refractivity contribution in [2.45, 2.75) is 13.5 Å². The van der Waals surface area contributed by atoms with Crippen LogP contribution in [0.5, 0.6) is 0 Å². The number of aromatic nitrogens is 1. The number of rotatable bonds is 1. The van der Waals surface area contributed by atoms with E-state index in [4.69, 9.17) is 0 Å². The SMILES string of the molecule is CCN1Cc2[nH]ccc(=O)c2C1=O. The van der Waals surface area contributed by atoms with E-state index < -0.39 is 0 Å². The molecule has 4 nitrogen and oxygen atoms in total. The van der Waals surface area contributed by atoms with Crippen molar-refractivity contribution in [2.75, 3.05) is 6.54 Å². The van der Waals surface area contributed by atoms with E-state index in [0.29, 0.717) is 18.7 Å². The molecule has 0 atom stereocenters. The second kappa shape index (κ2) is 2.73. The lowest BCUT2D eigenvalue weighted by Gasteiger charge is -2.10. The van der Waals surface area contributed by atoms with Crippen LogP contribution < -0.4 is 5.43 Å². The summed E-state index contributed by atoms with van der Waals surface area (Å²) in [4.78, 5) is 27.4. The quantitative estimate of drug-likeness (QED) is 0.674. The highest BCUT2D eigenvalue weighted by Gasteiger charge is 2.28. The van der Waals surface area contributed by atoms with Gasteiger partial charge in [-0.2, -0.15) is 0 Å². The molecule has 0 saturated heterocycles. The van der Waals surface area contributed by atoms with Crippen LogP contribution in [0.3, 0.4) is 0 Å². The molecule has 0 aromatic carbocycles. The van der Waals surface area contributed by atoms with Gasteiger partial charge in [-0.25, -0.2) is 0 Å². The molecule has 68 valence electrons. The number of carbonyl (C=O) groups excluding carboxylic acids is 1. The van der Waals surface area contributed by atoms with Gasteiger partial charge in [-0.3, -0.25) is 9.59 Å². The number of amides is 1. The van der Waals surface area contributed by atoms with Crippen LogP contribution in [0.1, 0.15) is 23.0 Å². The molecule has 0 bridgehead atoms. The summed E-state index contributed by atoms with van der Waals surface area (Å²) < 4.78 is 0. The first-order valence-electron chi connectivity index (χ1n) is 4.24. The topological polar surface area (TPSA) is 53.2 Å². The predicted octanol–water partition coefficient (Wildman–Crippen LogP) is 0.351. The van der Waals surface area contributed by atoms with Crippen LogP contribution in [0.25, 0.3) is 0 Å². The van der Waals surface area contributed by atoms with Crippen molar-refractivity contribution in [2.24, 2.45) is 0 Å². The second-order valence-corrected chi connectivity index (χ2v) is 3.01. The number of fused-ring (bicyclic) bond motifs is 1. The number of pyridine rings is 1. The summed E-state index contributed by atoms with van der Waals surface area (Å²) in [6, 6.07) is 1.38. The molecule has 1 aliphatic heterocycles. The predicted molar refractivity (Wildman–Crippen MR) is 47.5 cm³/mol. The fraction of sp³-hybridized carbons (Fsp3) is 0.333. The number of carbonyl (C=O) groups is 1. The minimum Gasteiger partial charge on any atom is -0.363 e. The van der Waals surface area contributed by atoms with Gasteiger partial charge in [0.2, 0.25) is 0 Å². The van der Waals surface area contributed by atoms with Gasteiger partial charge in [0.05, 0.1) is 12.2 Å². The lowest BCUT2D eigenvalue weighted by Crippen LogP contribution is -2.25. The zero-order chi connectivity index (χ0) is 9.42. The van der Waals surface area contributed by atoms with Crippen molar-refractivity contribution in [1.82, 2.24) is 9.88 Å². The van der Waals surface area contributed by atoms with Gasteiger partial charge < -0.3 is 9.88 Å². The Hall–Kier alpha value is -1.58. The molecular formula is C9H10N2O2. The molecular weight excluding hydrogens is 168 g/mol. The molecule has 0 spiro atoms. The van der Waals surface area contributed by atoms with E-state index in [0.717, 1.165) is 5.69 Å². The van der Waals surface area contributed by atoms with Gasteiger partial charge in [0.15, 0.2) is 5.43 Å². The van der Waals surface area contributed by atoms with Gasteiger partial charge in [-0.15, -0.1) is 0 Å². The molecule has 1 aromatic rings. The molecule has 2 rings (SSSR count). The van der Waals surface area contributed by atoms with Gasteiger partial charge in [0.25, 0.3) is 5.91 Å². The summed E-state index contributed by atoms with van der Waals surface area (Å²) in [5.41, 5.74) is 0.860. The molecule has 1 amide bonds. The lowest BCUT2D eigenvalue weighted by atomic mass is 10.2. The Morgan fingerprint density at radius 1 is 1.54 bits per heavy atom. The Kier molecular flexibility index (Phi) is 1.69. The fourth-order valence-corrected chi connectivity index (χ4v) is 1.56. The minimum absolute atomic E-state index is 0.153. The summed E-state index contributed by atoms with van der Waals surface area (Å²) in [6.45, 7) is 3.07. The highest BCUT2D eigenvalue weighted by atomic mass is 16.2. The van der Waals surface area contributed by atoms with Crippen LogP contribution in [0.15, 0.2) is 17.1 Å². The first kappa shape index (κ1) is 8.04. The molecule has 13 heavy (non-hydrogen) atoms. The smallest absolute Gasteiger partial charge is 0.260 e. The van der Waals surface area contributed by atoms with E-state index in [1.165, 1.54) is 6.07 Å². The van der Waals surface area contributed by atoms with Crippen molar-refractivity contribution in [1.29, 1.82) is 0 Å². The maximum atomic E-state index is 11.6. The Morgan fingerprint density at radius 3 is 2.92 bits per heavy atom. The van der Waals surface area contributed by atoms with Crippen LogP contribution in [-0.2, 0) is 6.54 Å². The van der Waals surface area contributed by atoms with Crippen molar-refractivity contribution in [3.8, 4) is 0 Å². The van der Waals surface area contributed by atoms with E-state index in [2.05, 4.69) is 4.98 Å². The normalized spacial score (nSPS) is 14.8. The summed E-state index contributed by atoms with van der Waals surface area (Å²) in [7, 11) is 0. The highest BCUT2D eigenvalue weighted by molar-refractivity contribution is 5.97. The molecule has 4 heteroatoms. The third kappa shape index (κ3) is 1.06. The van der Waals surface area contributed by atoms with E-state index in [1.54, 1.807) is 11.1 Å². The Balaban J connectivity index is 2.57. The molecule has 1 aromatic heterocycles. The maximum absolute atomic E-state index is 11.6. The first-order chi connectivity index (χ1) is 6.24. The monoisotopic (exact) mass is 178 g/mol. The van der Waals surface area contributed by atoms with Crippen molar-refractivity contribution in [3.05, 3.63) is 33.7 Å². The van der Waals surface area contributed by atoms with Gasteiger partial charge in [-0.1, -0.05) is 0 Å². The third-order valence-electron chi connectivity index (χ3n) is 2.27. The number of H-pyrrole nitrogens is 1. The summed E-state index contributed by atoms with van der Waals surface area (Å²) in [5.74, 6) is -0.153. The van der Waals surface area contributed by atoms with Crippen molar-refractivity contribution < 1.29 is 4.79 Å². The van der Waals surface area contributed by atoms with Crippen molar-refractivity contribution >= 4 is 5.91 Å². The van der Waals surface area contributed by atoms with Crippen LogP contribution >= 0.6 is 0 Å². The molecule has 0 fully saturated rings. The minimum atomic E-state index is -0.185. The zero-order valence-electron chi connectivity index (χ0n) is 7.33. The van der Waals surface area contributed by atoms with Crippen LogP contribution in [0, 0.1) is 0 Å². The Labute approximate surface area is 75.2 Å². The highest BCUT2D eigenvalue weighted by Crippen LogP contribution is 2.16. The molecule has 0 unspecified atom stereocenters. The maximum Gasteiger partial charge on any atom is 0.260 e. The summed E-state index contributed by atoms with van der Waals surface area (Å²) in [5, 5.41) is 0. The van der Waals surface area contributed by atoms with E-state index >= 15 is 0 Å². The average Bonchev–Trinajstić information content (AvgIpc) is 2.44. The summed E-state index contributed by atoms with van der Waals surface area (Å²) in [6.07, 6.45) is 1.58. The van der Waals surface area contributed by atoms with E-state index in [9.17, 15) is 9.59 Å². The van der Waals surface area contributed by atoms with E-state index in [-0.39, 0.29) is 11.3 Å². The second-order valence-electron chi connectivity index (χ2n) is 3.01. The molecule has 1 aliphatic rings. The van der Waals surface area contributed by atoms with Gasteiger partial charge in [0, 0.05) is 18.8 Å². The molecule has 2 heterocycles. The molecule has 0 aliphatic carbocycles. The number of hydrogen-bond donors (Lipinski definition) is 1. The van der Waals surface area contributed by atoms with Crippen molar-refractivity contribution in [3.63, 3.8) is 0 Å². The van der Waals surface area contributed by atoms with Gasteiger partial charge in [0.1, 0.15) is 5.56 Å². The molecule has 0 saturated carbocycles. The van der Waals surface area contributed by atoms with Crippen LogP contribution in [-0.4, -0.2) is 22.3 Å². The average molecular weight is 178 g/mol. The van der Waals surface area contributed by atoms with Gasteiger partial charge in [-0.05, 0) is 6.92 Å². The third-order valence-corrected chi connectivity index (χ3v) is 2.27. The van der Waals surface area contributed by atoms with Crippen LogP contribution in [0.4, 0.5) is 0 Å². The lowest BCUT2D eigenvalue weighted by molar-refractivity contribution is 0.0786.